The van der Waals surface area contributed by atoms with Gasteiger partial charge in [-0.25, -0.2) is 0 Å². The van der Waals surface area contributed by atoms with Crippen molar-refractivity contribution in [2.45, 2.75) is 45.7 Å². The predicted octanol–water partition coefficient (Wildman–Crippen LogP) is 5.58. The maximum absolute atomic E-state index is 13.2. The van der Waals surface area contributed by atoms with E-state index >= 15 is 0 Å². The molecule has 6 nitrogen and oxygen atoms in total. The summed E-state index contributed by atoms with van der Waals surface area (Å²) in [6, 6.07) is 17.6. The molecule has 0 radical (unpaired) electrons. The number of amides is 1. The lowest BCUT2D eigenvalue weighted by Crippen LogP contribution is -2.29. The number of carbonyl (C=O) groups excluding carboxylic acids is 2. The number of nitrogens with zero attached hydrogens (tertiary/aromatic N) is 2. The predicted molar refractivity (Wildman–Crippen MR) is 135 cm³/mol. The van der Waals surface area contributed by atoms with Crippen molar-refractivity contribution < 1.29 is 19.4 Å². The number of hydrogen-bond acceptors (Lipinski definition) is 5. The lowest BCUT2D eigenvalue weighted by molar-refractivity contribution is -0.140. The molecule has 0 aliphatic carbocycles. The lowest BCUT2D eigenvalue weighted by atomic mass is 9.94. The fourth-order valence-electron chi connectivity index (χ4n) is 4.32. The number of ether oxygens (including phenoxy) is 1. The minimum absolute atomic E-state index is 0.0844. The summed E-state index contributed by atoms with van der Waals surface area (Å²) in [5, 5.41) is 11.3. The minimum Gasteiger partial charge on any atom is -0.507 e. The molecule has 180 valence electrons. The van der Waals surface area contributed by atoms with Gasteiger partial charge >= 0.3 is 0 Å². The second-order valence-corrected chi connectivity index (χ2v) is 8.78. The Bertz CT molecular complexity index is 1220. The zero-order chi connectivity index (χ0) is 24.8. The van der Waals surface area contributed by atoms with Crippen LogP contribution in [0.4, 0.5) is 0 Å². The summed E-state index contributed by atoms with van der Waals surface area (Å²) in [6.45, 7) is 4.93. The summed E-state index contributed by atoms with van der Waals surface area (Å²) < 4.78 is 5.76. The standard InChI is InChI=1S/C29H30N2O4/c1-3-4-5-16-35-24-13-11-22(12-14-24)27(32)25-26(23-10-6-8-20(2)17-23)31(29(34)28(25)33)19-21-9-7-15-30-18-21/h6-15,17-18,26,32H,3-5,16,19H2,1-2H3/b27-25-. The Balaban J connectivity index is 1.70. The second kappa shape index (κ2) is 11.0. The van der Waals surface area contributed by atoms with Gasteiger partial charge in [-0.15, -0.1) is 0 Å². The first-order valence-electron chi connectivity index (χ1n) is 12.0. The topological polar surface area (TPSA) is 79.7 Å². The molecule has 1 aliphatic heterocycles. The van der Waals surface area contributed by atoms with E-state index in [0.29, 0.717) is 17.9 Å². The van der Waals surface area contributed by atoms with Gasteiger partial charge in [0.25, 0.3) is 11.7 Å². The monoisotopic (exact) mass is 470 g/mol. The van der Waals surface area contributed by atoms with E-state index in [1.807, 2.05) is 37.3 Å². The molecule has 2 heterocycles. The SMILES string of the molecule is CCCCCOc1ccc(/C(O)=C2/C(=O)C(=O)N(Cc3cccnc3)C2c2cccc(C)c2)cc1. The number of Topliss-reactive ketones (excluding diaryl/α,β-unsaturated/α-hetero) is 1. The molecule has 0 bridgehead atoms. The number of pyridine rings is 1. The maximum atomic E-state index is 13.2. The molecule has 1 fully saturated rings. The van der Waals surface area contributed by atoms with Crippen molar-refractivity contribution in [3.63, 3.8) is 0 Å². The molecular formula is C29H30N2O4. The average Bonchev–Trinajstić information content (AvgIpc) is 3.12. The maximum Gasteiger partial charge on any atom is 0.295 e. The molecule has 6 heteroatoms. The van der Waals surface area contributed by atoms with E-state index in [0.717, 1.165) is 36.0 Å². The second-order valence-electron chi connectivity index (χ2n) is 8.78. The number of aliphatic hydroxyl groups is 1. The average molecular weight is 471 g/mol. The van der Waals surface area contributed by atoms with Crippen LogP contribution in [0.2, 0.25) is 0 Å². The Morgan fingerprint density at radius 1 is 1.06 bits per heavy atom. The molecule has 1 amide bonds. The molecule has 1 saturated heterocycles. The van der Waals surface area contributed by atoms with Crippen LogP contribution >= 0.6 is 0 Å². The van der Waals surface area contributed by atoms with E-state index in [9.17, 15) is 14.7 Å². The van der Waals surface area contributed by atoms with Gasteiger partial charge in [0.1, 0.15) is 11.5 Å². The van der Waals surface area contributed by atoms with E-state index in [-0.39, 0.29) is 17.9 Å². The molecular weight excluding hydrogens is 440 g/mol. The van der Waals surface area contributed by atoms with E-state index < -0.39 is 17.7 Å². The van der Waals surface area contributed by atoms with Crippen molar-refractivity contribution in [1.29, 1.82) is 0 Å². The summed E-state index contributed by atoms with van der Waals surface area (Å²) in [5.41, 5.74) is 3.12. The molecule has 2 aromatic carbocycles. The first kappa shape index (κ1) is 24.2. The Kier molecular flexibility index (Phi) is 7.60. The van der Waals surface area contributed by atoms with Crippen LogP contribution in [0.15, 0.2) is 78.6 Å². The summed E-state index contributed by atoms with van der Waals surface area (Å²) >= 11 is 0. The number of likely N-dealkylation sites (tertiary alicyclic amines) is 1. The molecule has 0 spiro atoms. The third-order valence-electron chi connectivity index (χ3n) is 6.12. The summed E-state index contributed by atoms with van der Waals surface area (Å²) in [4.78, 5) is 32.0. The van der Waals surface area contributed by atoms with Crippen LogP contribution in [0.5, 0.6) is 5.75 Å². The van der Waals surface area contributed by atoms with Gasteiger partial charge in [0, 0.05) is 24.5 Å². The van der Waals surface area contributed by atoms with Gasteiger partial charge in [0.05, 0.1) is 18.2 Å². The third kappa shape index (κ3) is 5.43. The van der Waals surface area contributed by atoms with E-state index in [4.69, 9.17) is 4.74 Å². The fraction of sp³-hybridized carbons (Fsp3) is 0.276. The third-order valence-corrected chi connectivity index (χ3v) is 6.12. The number of aryl methyl sites for hydroxylation is 1. The van der Waals surface area contributed by atoms with Crippen molar-refractivity contribution in [2.24, 2.45) is 0 Å². The highest BCUT2D eigenvalue weighted by molar-refractivity contribution is 6.46. The van der Waals surface area contributed by atoms with Gasteiger partial charge < -0.3 is 14.7 Å². The van der Waals surface area contributed by atoms with Crippen LogP contribution in [0, 0.1) is 6.92 Å². The number of aliphatic hydroxyl groups excluding tert-OH is 1. The molecule has 35 heavy (non-hydrogen) atoms. The highest BCUT2D eigenvalue weighted by atomic mass is 16.5. The Hall–Kier alpha value is -3.93. The molecule has 4 rings (SSSR count). The summed E-state index contributed by atoms with van der Waals surface area (Å²) in [7, 11) is 0. The van der Waals surface area contributed by atoms with Gasteiger partial charge in [0.2, 0.25) is 0 Å². The number of hydrogen-bond donors (Lipinski definition) is 1. The van der Waals surface area contributed by atoms with Crippen molar-refractivity contribution >= 4 is 17.4 Å². The van der Waals surface area contributed by atoms with Gasteiger partial charge in [-0.1, -0.05) is 55.7 Å². The van der Waals surface area contributed by atoms with E-state index in [1.165, 1.54) is 4.90 Å². The van der Waals surface area contributed by atoms with Crippen LogP contribution in [0.3, 0.4) is 0 Å². The van der Waals surface area contributed by atoms with Crippen molar-refractivity contribution in [3.05, 3.63) is 101 Å². The zero-order valence-electron chi connectivity index (χ0n) is 20.1. The van der Waals surface area contributed by atoms with Gasteiger partial charge in [-0.3, -0.25) is 14.6 Å². The molecule has 1 aromatic heterocycles. The molecule has 1 unspecified atom stereocenters. The number of ketones is 1. The van der Waals surface area contributed by atoms with E-state index in [1.54, 1.807) is 42.7 Å². The van der Waals surface area contributed by atoms with E-state index in [2.05, 4.69) is 11.9 Å². The Morgan fingerprint density at radius 2 is 1.86 bits per heavy atom. The van der Waals surface area contributed by atoms with Crippen molar-refractivity contribution in [1.82, 2.24) is 9.88 Å². The zero-order valence-corrected chi connectivity index (χ0v) is 20.1. The van der Waals surface area contributed by atoms with Crippen molar-refractivity contribution in [3.8, 4) is 5.75 Å². The highest BCUT2D eigenvalue weighted by Crippen LogP contribution is 2.40. The number of carbonyl (C=O) groups is 2. The van der Waals surface area contributed by atoms with Gasteiger partial charge in [-0.05, 0) is 54.8 Å². The van der Waals surface area contributed by atoms with Crippen LogP contribution < -0.4 is 4.74 Å². The molecule has 3 aromatic rings. The molecule has 1 N–H and O–H groups in total. The van der Waals surface area contributed by atoms with Crippen molar-refractivity contribution in [2.75, 3.05) is 6.61 Å². The van der Waals surface area contributed by atoms with Crippen LogP contribution in [-0.4, -0.2) is 33.3 Å². The number of unbranched alkanes of at least 4 members (excludes halogenated alkanes) is 2. The minimum atomic E-state index is -0.708. The number of rotatable bonds is 9. The first-order valence-corrected chi connectivity index (χ1v) is 12.0. The molecule has 1 aliphatic rings. The van der Waals surface area contributed by atoms with Gasteiger partial charge in [0.15, 0.2) is 0 Å². The molecule has 1 atom stereocenters. The van der Waals surface area contributed by atoms with Crippen LogP contribution in [-0.2, 0) is 16.1 Å². The lowest BCUT2D eigenvalue weighted by Gasteiger charge is -2.25. The Labute approximate surface area is 205 Å². The molecule has 0 saturated carbocycles. The van der Waals surface area contributed by atoms with Crippen LogP contribution in [0.1, 0.15) is 54.5 Å². The highest BCUT2D eigenvalue weighted by Gasteiger charge is 2.46. The quantitative estimate of drug-likeness (QED) is 0.191. The largest absolute Gasteiger partial charge is 0.507 e. The first-order chi connectivity index (χ1) is 17.0. The van der Waals surface area contributed by atoms with Gasteiger partial charge in [-0.2, -0.15) is 0 Å². The number of aromatic nitrogens is 1. The fourth-order valence-corrected chi connectivity index (χ4v) is 4.32. The smallest absolute Gasteiger partial charge is 0.295 e. The summed E-state index contributed by atoms with van der Waals surface area (Å²) in [6.07, 6.45) is 6.54. The Morgan fingerprint density at radius 3 is 2.54 bits per heavy atom. The number of benzene rings is 2. The summed E-state index contributed by atoms with van der Waals surface area (Å²) in [5.74, 6) is -0.832. The van der Waals surface area contributed by atoms with Crippen LogP contribution in [0.25, 0.3) is 5.76 Å². The normalized spacial score (nSPS) is 17.1.